The van der Waals surface area contributed by atoms with Crippen LogP contribution in [0.2, 0.25) is 36.3 Å². The molecule has 3 aromatic rings. The molecule has 0 aliphatic rings. The second-order valence-corrected chi connectivity index (χ2v) is 24.1. The van der Waals surface area contributed by atoms with E-state index in [0.717, 1.165) is 29.8 Å². The molecule has 0 aromatic heterocycles. The van der Waals surface area contributed by atoms with Crippen LogP contribution >= 0.6 is 0 Å². The monoisotopic (exact) mass is 681 g/mol. The molecule has 0 aliphatic carbocycles. The lowest BCUT2D eigenvalue weighted by Gasteiger charge is -2.39. The summed E-state index contributed by atoms with van der Waals surface area (Å²) in [5, 5.41) is -0.0819. The number of hydrogen-bond donors (Lipinski definition) is 0. The highest BCUT2D eigenvalue weighted by molar-refractivity contribution is 6.75. The fourth-order valence-corrected chi connectivity index (χ4v) is 6.05. The number of alkyl halides is 6. The van der Waals surface area contributed by atoms with E-state index in [1.807, 2.05) is 18.2 Å². The summed E-state index contributed by atoms with van der Waals surface area (Å²) in [4.78, 5) is 4.70. The van der Waals surface area contributed by atoms with E-state index in [2.05, 4.69) is 67.7 Å². The third kappa shape index (κ3) is 9.27. The molecule has 0 radical (unpaired) electrons. The Hall–Kier alpha value is -3.06. The Balaban J connectivity index is 2.00. The quantitative estimate of drug-likeness (QED) is 0.128. The van der Waals surface area contributed by atoms with Crippen molar-refractivity contribution in [2.75, 3.05) is 6.54 Å². The number of nitrogens with zero attached hydrogens (tertiary/aromatic N) is 1. The lowest BCUT2D eigenvalue weighted by Crippen LogP contribution is -2.45. The minimum absolute atomic E-state index is 0.0262. The molecule has 0 saturated heterocycles. The molecule has 0 fully saturated rings. The summed E-state index contributed by atoms with van der Waals surface area (Å²) in [6, 6.07) is 14.8. The minimum atomic E-state index is -4.52. The molecule has 3 rings (SSSR count). The fourth-order valence-electron chi connectivity index (χ4n) is 4.01. The highest BCUT2D eigenvalue weighted by Gasteiger charge is 2.42. The lowest BCUT2D eigenvalue weighted by molar-refractivity contribution is -0.138. The highest BCUT2D eigenvalue weighted by atomic mass is 28.4. The van der Waals surface area contributed by atoms with Crippen molar-refractivity contribution in [3.05, 3.63) is 94.5 Å². The van der Waals surface area contributed by atoms with Gasteiger partial charge in [0, 0.05) is 17.7 Å². The first-order valence-corrected chi connectivity index (χ1v) is 21.0. The lowest BCUT2D eigenvalue weighted by atomic mass is 9.99. The second kappa shape index (κ2) is 13.2. The summed E-state index contributed by atoms with van der Waals surface area (Å²) in [5.41, 5.74) is 0.313. The van der Waals surface area contributed by atoms with E-state index < -0.39 is 40.1 Å². The van der Waals surface area contributed by atoms with Gasteiger partial charge in [-0.05, 0) is 84.6 Å². The van der Waals surface area contributed by atoms with Gasteiger partial charge >= 0.3 is 12.4 Å². The molecule has 3 nitrogen and oxygen atoms in total. The van der Waals surface area contributed by atoms with Gasteiger partial charge in [-0.2, -0.15) is 26.3 Å². The Morgan fingerprint density at radius 2 is 0.978 bits per heavy atom. The van der Waals surface area contributed by atoms with Gasteiger partial charge in [0.25, 0.3) is 16.6 Å². The van der Waals surface area contributed by atoms with Crippen molar-refractivity contribution >= 4 is 22.3 Å². The summed E-state index contributed by atoms with van der Waals surface area (Å²) >= 11 is 0. The van der Waals surface area contributed by atoms with Crippen molar-refractivity contribution in [3.63, 3.8) is 0 Å². The molecule has 0 unspecified atom stereocenters. The Kier molecular flexibility index (Phi) is 10.7. The van der Waals surface area contributed by atoms with Crippen molar-refractivity contribution in [2.24, 2.45) is 4.99 Å². The van der Waals surface area contributed by atoms with Gasteiger partial charge in [-0.3, -0.25) is 4.99 Å². The van der Waals surface area contributed by atoms with E-state index >= 15 is 0 Å². The fraction of sp³-hybridized carbons (Fsp3) is 0.457. The van der Waals surface area contributed by atoms with Gasteiger partial charge in [0.05, 0.1) is 16.8 Å². The zero-order valence-corrected chi connectivity index (χ0v) is 30.3. The molecule has 252 valence electrons. The number of hydrogen-bond acceptors (Lipinski definition) is 3. The third-order valence-electron chi connectivity index (χ3n) is 8.99. The topological polar surface area (TPSA) is 30.8 Å². The number of halogens is 6. The number of rotatable bonds is 9. The predicted molar refractivity (Wildman–Crippen MR) is 179 cm³/mol. The molecule has 0 spiro atoms. The largest absolute Gasteiger partial charge is 0.541 e. The number of aliphatic imine (C=N–C) groups is 1. The minimum Gasteiger partial charge on any atom is -0.541 e. The van der Waals surface area contributed by atoms with Crippen LogP contribution in [-0.4, -0.2) is 28.9 Å². The molecule has 0 atom stereocenters. The molecule has 0 aliphatic heterocycles. The normalized spacial score (nSPS) is 13.4. The Morgan fingerprint density at radius 3 is 1.35 bits per heavy atom. The van der Waals surface area contributed by atoms with Crippen LogP contribution < -0.4 is 8.85 Å². The zero-order chi connectivity index (χ0) is 34.9. The molecule has 0 saturated carbocycles. The van der Waals surface area contributed by atoms with Crippen molar-refractivity contribution in [1.29, 1.82) is 0 Å². The van der Waals surface area contributed by atoms with E-state index in [4.69, 9.17) is 13.8 Å². The summed E-state index contributed by atoms with van der Waals surface area (Å²) in [7, 11) is -4.44. The average Bonchev–Trinajstić information content (AvgIpc) is 2.90. The molecule has 3 aromatic carbocycles. The van der Waals surface area contributed by atoms with Crippen molar-refractivity contribution in [3.8, 4) is 11.5 Å². The summed E-state index contributed by atoms with van der Waals surface area (Å²) in [6.07, 6.45) is -8.58. The van der Waals surface area contributed by atoms with Gasteiger partial charge in [0.15, 0.2) is 0 Å². The Bertz CT molecular complexity index is 1450. The molecule has 11 heteroatoms. The molecule has 0 bridgehead atoms. The van der Waals surface area contributed by atoms with Crippen LogP contribution in [0.5, 0.6) is 11.5 Å². The van der Waals surface area contributed by atoms with Crippen LogP contribution in [0.25, 0.3) is 0 Å². The molecule has 0 heterocycles. The van der Waals surface area contributed by atoms with Crippen LogP contribution in [0.3, 0.4) is 0 Å². The van der Waals surface area contributed by atoms with E-state index in [0.29, 0.717) is 34.8 Å². The summed E-state index contributed by atoms with van der Waals surface area (Å²) in [6.45, 7) is 21.9. The molecule has 0 N–H and O–H groups in total. The first-order valence-electron chi connectivity index (χ1n) is 15.2. The maximum Gasteiger partial charge on any atom is 0.416 e. The van der Waals surface area contributed by atoms with Gasteiger partial charge in [-0.25, -0.2) is 0 Å². The standard InChI is InChI=1S/C35H45F6NO2Si2/c1-32(2,3)45(7,8)43-29-20-11-24(23-30(29)44-46(9,10)33(4,5)6)21-22-42-31(25-12-16-27(17-13-25)34(36,37)38)26-14-18-28(19-15-26)35(39,40)41/h11-20,23H,21-22H2,1-10H3. The van der Waals surface area contributed by atoms with Gasteiger partial charge in [0.2, 0.25) is 0 Å². The third-order valence-corrected chi connectivity index (χ3v) is 17.7. The summed E-state index contributed by atoms with van der Waals surface area (Å²) < 4.78 is 92.7. The van der Waals surface area contributed by atoms with E-state index in [9.17, 15) is 26.3 Å². The number of benzene rings is 3. The van der Waals surface area contributed by atoms with Gasteiger partial charge < -0.3 is 8.85 Å². The van der Waals surface area contributed by atoms with Crippen molar-refractivity contribution in [1.82, 2.24) is 0 Å². The van der Waals surface area contributed by atoms with Crippen molar-refractivity contribution < 1.29 is 35.2 Å². The van der Waals surface area contributed by atoms with E-state index in [1.54, 1.807) is 0 Å². The highest BCUT2D eigenvalue weighted by Crippen LogP contribution is 2.44. The smallest absolute Gasteiger partial charge is 0.416 e. The van der Waals surface area contributed by atoms with Crippen LogP contribution in [0.15, 0.2) is 71.7 Å². The van der Waals surface area contributed by atoms with Gasteiger partial charge in [0.1, 0.15) is 11.5 Å². The predicted octanol–water partition coefficient (Wildman–Crippen LogP) is 11.6. The maximum absolute atomic E-state index is 13.2. The first-order chi connectivity index (χ1) is 20.8. The van der Waals surface area contributed by atoms with Crippen LogP contribution in [0.1, 0.15) is 69.4 Å². The molecule has 46 heavy (non-hydrogen) atoms. The molecular weight excluding hydrogens is 637 g/mol. The van der Waals surface area contributed by atoms with Gasteiger partial charge in [-0.15, -0.1) is 0 Å². The van der Waals surface area contributed by atoms with E-state index in [-0.39, 0.29) is 16.6 Å². The first kappa shape index (κ1) is 37.4. The van der Waals surface area contributed by atoms with Crippen LogP contribution in [0.4, 0.5) is 26.3 Å². The van der Waals surface area contributed by atoms with Gasteiger partial charge in [-0.1, -0.05) is 71.9 Å². The van der Waals surface area contributed by atoms with Crippen LogP contribution in [-0.2, 0) is 18.8 Å². The maximum atomic E-state index is 13.2. The van der Waals surface area contributed by atoms with E-state index in [1.165, 1.54) is 24.3 Å². The SMILES string of the molecule is CC(C)(C)[Si](C)(C)Oc1ccc(CCN=C(c2ccc(C(F)(F)F)cc2)c2ccc(C(F)(F)F)cc2)cc1O[Si](C)(C)C(C)(C)C. The zero-order valence-electron chi connectivity index (χ0n) is 28.3. The van der Waals surface area contributed by atoms with Crippen LogP contribution in [0, 0.1) is 0 Å². The second-order valence-electron chi connectivity index (χ2n) is 14.6. The molecular formula is C35H45F6NO2Si2. The molecule has 0 amide bonds. The summed E-state index contributed by atoms with van der Waals surface area (Å²) in [5.74, 6) is 1.36. The Labute approximate surface area is 271 Å². The Morgan fingerprint density at radius 1 is 0.587 bits per heavy atom. The van der Waals surface area contributed by atoms with Crippen molar-refractivity contribution in [2.45, 2.75) is 96.6 Å². The average molecular weight is 682 g/mol.